The summed E-state index contributed by atoms with van der Waals surface area (Å²) in [5.74, 6) is 0.345. The summed E-state index contributed by atoms with van der Waals surface area (Å²) in [4.78, 5) is 15.4. The van der Waals surface area contributed by atoms with E-state index in [2.05, 4.69) is 10.3 Å². The molecule has 0 aliphatic rings. The van der Waals surface area contributed by atoms with E-state index in [1.165, 1.54) is 6.20 Å². The number of nitrogens with one attached hydrogen (secondary N) is 1. The van der Waals surface area contributed by atoms with Gasteiger partial charge in [-0.1, -0.05) is 30.3 Å². The van der Waals surface area contributed by atoms with Crippen LogP contribution in [-0.2, 0) is 11.3 Å². The highest BCUT2D eigenvalue weighted by molar-refractivity contribution is 5.83. The van der Waals surface area contributed by atoms with Crippen molar-refractivity contribution in [3.05, 3.63) is 59.8 Å². The zero-order valence-electron chi connectivity index (χ0n) is 10.0. The molecule has 5 heteroatoms. The number of benzene rings is 1. The first kappa shape index (κ1) is 12.6. The Hall–Kier alpha value is -2.87. The van der Waals surface area contributed by atoms with Crippen LogP contribution in [-0.4, -0.2) is 11.1 Å². The second kappa shape index (κ2) is 6.17. The second-order valence-corrected chi connectivity index (χ2v) is 3.73. The zero-order valence-corrected chi connectivity index (χ0v) is 10.0. The van der Waals surface area contributed by atoms with E-state index < -0.39 is 6.09 Å². The summed E-state index contributed by atoms with van der Waals surface area (Å²) in [5, 5.41) is 11.1. The number of carbonyl (C=O) groups excluding carboxylic acids is 1. The first-order valence-electron chi connectivity index (χ1n) is 5.62. The molecule has 0 aliphatic carbocycles. The van der Waals surface area contributed by atoms with Crippen molar-refractivity contribution in [2.24, 2.45) is 0 Å². The van der Waals surface area contributed by atoms with Crippen molar-refractivity contribution in [3.63, 3.8) is 0 Å². The maximum Gasteiger partial charge on any atom is 0.413 e. The molecule has 1 heterocycles. The van der Waals surface area contributed by atoms with E-state index in [9.17, 15) is 4.79 Å². The molecule has 0 spiro atoms. The predicted molar refractivity (Wildman–Crippen MR) is 69.2 cm³/mol. The van der Waals surface area contributed by atoms with E-state index in [0.717, 1.165) is 5.56 Å². The molecule has 2 aromatic rings. The molecule has 5 nitrogen and oxygen atoms in total. The molecule has 0 bridgehead atoms. The Bertz CT molecular complexity index is 588. The highest BCUT2D eigenvalue weighted by Crippen LogP contribution is 2.06. The van der Waals surface area contributed by atoms with Crippen molar-refractivity contribution >= 4 is 11.9 Å². The van der Waals surface area contributed by atoms with Gasteiger partial charge in [0.15, 0.2) is 0 Å². The zero-order chi connectivity index (χ0) is 13.5. The summed E-state index contributed by atoms with van der Waals surface area (Å²) in [5.41, 5.74) is 1.34. The third-order valence-electron chi connectivity index (χ3n) is 2.34. The first-order chi connectivity index (χ1) is 9.28. The van der Waals surface area contributed by atoms with Crippen LogP contribution in [0.2, 0.25) is 0 Å². The average Bonchev–Trinajstić information content (AvgIpc) is 2.47. The molecule has 94 valence electrons. The van der Waals surface area contributed by atoms with Gasteiger partial charge in [0.2, 0.25) is 0 Å². The van der Waals surface area contributed by atoms with Gasteiger partial charge in [-0.25, -0.2) is 9.78 Å². The summed E-state index contributed by atoms with van der Waals surface area (Å²) in [7, 11) is 0. The fourth-order valence-corrected chi connectivity index (χ4v) is 1.40. The summed E-state index contributed by atoms with van der Waals surface area (Å²) >= 11 is 0. The van der Waals surface area contributed by atoms with Crippen LogP contribution in [0, 0.1) is 11.3 Å². The Kier molecular flexibility index (Phi) is 4.09. The summed E-state index contributed by atoms with van der Waals surface area (Å²) in [6, 6.07) is 14.4. The van der Waals surface area contributed by atoms with Gasteiger partial charge >= 0.3 is 6.09 Å². The molecule has 0 atom stereocenters. The van der Waals surface area contributed by atoms with Crippen molar-refractivity contribution in [2.75, 3.05) is 5.32 Å². The number of hydrogen-bond acceptors (Lipinski definition) is 4. The fourth-order valence-electron chi connectivity index (χ4n) is 1.40. The van der Waals surface area contributed by atoms with Crippen LogP contribution >= 0.6 is 0 Å². The molecule has 1 amide bonds. The summed E-state index contributed by atoms with van der Waals surface area (Å²) in [6.07, 6.45) is 0.799. The van der Waals surface area contributed by atoms with Gasteiger partial charge in [0.25, 0.3) is 0 Å². The van der Waals surface area contributed by atoms with Gasteiger partial charge in [-0.15, -0.1) is 0 Å². The number of aromatic nitrogens is 1. The Balaban J connectivity index is 1.86. The SMILES string of the molecule is N#Cc1ccc(NC(=O)OCc2ccccc2)nc1. The lowest BCUT2D eigenvalue weighted by Crippen LogP contribution is -2.14. The third kappa shape index (κ3) is 3.82. The van der Waals surface area contributed by atoms with Crippen molar-refractivity contribution < 1.29 is 9.53 Å². The van der Waals surface area contributed by atoms with Gasteiger partial charge in [-0.3, -0.25) is 5.32 Å². The molecule has 0 aliphatic heterocycles. The van der Waals surface area contributed by atoms with E-state index in [1.807, 2.05) is 36.4 Å². The first-order valence-corrected chi connectivity index (χ1v) is 5.62. The van der Waals surface area contributed by atoms with Gasteiger partial charge in [0, 0.05) is 6.20 Å². The van der Waals surface area contributed by atoms with Crippen LogP contribution in [0.15, 0.2) is 48.7 Å². The van der Waals surface area contributed by atoms with Gasteiger partial charge in [-0.05, 0) is 17.7 Å². The number of nitriles is 1. The maximum absolute atomic E-state index is 11.5. The largest absolute Gasteiger partial charge is 0.444 e. The molecule has 0 saturated heterocycles. The minimum absolute atomic E-state index is 0.197. The maximum atomic E-state index is 11.5. The number of ether oxygens (including phenoxy) is 1. The number of pyridine rings is 1. The molecule has 19 heavy (non-hydrogen) atoms. The van der Waals surface area contributed by atoms with E-state index >= 15 is 0 Å². The third-order valence-corrected chi connectivity index (χ3v) is 2.34. The van der Waals surface area contributed by atoms with Gasteiger partial charge in [0.05, 0.1) is 5.56 Å². The van der Waals surface area contributed by atoms with Crippen molar-refractivity contribution in [2.45, 2.75) is 6.61 Å². The molecule has 0 radical (unpaired) electrons. The Morgan fingerprint density at radius 1 is 1.26 bits per heavy atom. The number of rotatable bonds is 3. The van der Waals surface area contributed by atoms with Gasteiger partial charge in [0.1, 0.15) is 18.5 Å². The minimum atomic E-state index is -0.582. The fraction of sp³-hybridized carbons (Fsp3) is 0.0714. The monoisotopic (exact) mass is 253 g/mol. The number of nitrogens with zero attached hydrogens (tertiary/aromatic N) is 2. The van der Waals surface area contributed by atoms with Crippen molar-refractivity contribution in [1.82, 2.24) is 4.98 Å². The molecule has 0 fully saturated rings. The van der Waals surface area contributed by atoms with Gasteiger partial charge < -0.3 is 4.74 Å². The Labute approximate surface area is 110 Å². The number of anilines is 1. The molecule has 0 unspecified atom stereocenters. The Morgan fingerprint density at radius 3 is 2.68 bits per heavy atom. The minimum Gasteiger partial charge on any atom is -0.444 e. The van der Waals surface area contributed by atoms with Crippen molar-refractivity contribution in [3.8, 4) is 6.07 Å². The van der Waals surface area contributed by atoms with Crippen LogP contribution in [0.5, 0.6) is 0 Å². The highest BCUT2D eigenvalue weighted by atomic mass is 16.5. The second-order valence-electron chi connectivity index (χ2n) is 3.73. The standard InChI is InChI=1S/C14H11N3O2/c15-8-12-6-7-13(16-9-12)17-14(18)19-10-11-4-2-1-3-5-11/h1-7,9H,10H2,(H,16,17,18). The topological polar surface area (TPSA) is 75.0 Å². The Morgan fingerprint density at radius 2 is 2.05 bits per heavy atom. The lowest BCUT2D eigenvalue weighted by atomic mass is 10.2. The van der Waals surface area contributed by atoms with Crippen LogP contribution in [0.4, 0.5) is 10.6 Å². The average molecular weight is 253 g/mol. The molecule has 0 saturated carbocycles. The quantitative estimate of drug-likeness (QED) is 0.912. The molecule has 1 aromatic heterocycles. The summed E-state index contributed by atoms with van der Waals surface area (Å²) in [6.45, 7) is 0.197. The molecule has 1 N–H and O–H groups in total. The number of hydrogen-bond donors (Lipinski definition) is 1. The molecular formula is C14H11N3O2. The van der Waals surface area contributed by atoms with Gasteiger partial charge in [-0.2, -0.15) is 5.26 Å². The molecular weight excluding hydrogens is 242 g/mol. The van der Waals surface area contributed by atoms with Crippen LogP contribution < -0.4 is 5.32 Å². The van der Waals surface area contributed by atoms with E-state index in [-0.39, 0.29) is 6.61 Å². The predicted octanol–water partition coefficient (Wildman–Crippen LogP) is 2.70. The lowest BCUT2D eigenvalue weighted by Gasteiger charge is -2.06. The normalized spacial score (nSPS) is 9.42. The molecule has 2 rings (SSSR count). The van der Waals surface area contributed by atoms with Crippen LogP contribution in [0.3, 0.4) is 0 Å². The number of carbonyl (C=O) groups is 1. The highest BCUT2D eigenvalue weighted by Gasteiger charge is 2.04. The summed E-state index contributed by atoms with van der Waals surface area (Å²) < 4.78 is 5.03. The van der Waals surface area contributed by atoms with E-state index in [1.54, 1.807) is 12.1 Å². The van der Waals surface area contributed by atoms with E-state index in [0.29, 0.717) is 11.4 Å². The number of amides is 1. The molecule has 1 aromatic carbocycles. The van der Waals surface area contributed by atoms with Crippen molar-refractivity contribution in [1.29, 1.82) is 5.26 Å². The van der Waals surface area contributed by atoms with Crippen LogP contribution in [0.25, 0.3) is 0 Å². The van der Waals surface area contributed by atoms with Crippen LogP contribution in [0.1, 0.15) is 11.1 Å². The smallest absolute Gasteiger partial charge is 0.413 e. The van der Waals surface area contributed by atoms with E-state index in [4.69, 9.17) is 10.00 Å². The lowest BCUT2D eigenvalue weighted by molar-refractivity contribution is 0.155.